The largest absolute Gasteiger partial charge is 0.386 e. The molecular weight excluding hydrogens is 194 g/mol. The van der Waals surface area contributed by atoms with Crippen molar-refractivity contribution in [2.45, 2.75) is 19.1 Å². The van der Waals surface area contributed by atoms with Crippen LogP contribution in [0.3, 0.4) is 0 Å². The molecule has 4 heteroatoms. The zero-order chi connectivity index (χ0) is 11.3. The highest BCUT2D eigenvalue weighted by atomic mass is 16.3. The lowest BCUT2D eigenvalue weighted by atomic mass is 10.0. The Morgan fingerprint density at radius 1 is 1.40 bits per heavy atom. The maximum atomic E-state index is 10.8. The van der Waals surface area contributed by atoms with Crippen molar-refractivity contribution in [1.82, 2.24) is 5.32 Å². The van der Waals surface area contributed by atoms with E-state index in [0.29, 0.717) is 11.8 Å². The van der Waals surface area contributed by atoms with Crippen molar-refractivity contribution in [3.8, 4) is 0 Å². The van der Waals surface area contributed by atoms with Crippen molar-refractivity contribution in [3.63, 3.8) is 0 Å². The van der Waals surface area contributed by atoms with E-state index in [1.807, 2.05) is 6.07 Å². The van der Waals surface area contributed by atoms with Gasteiger partial charge in [-0.15, -0.1) is 0 Å². The van der Waals surface area contributed by atoms with Gasteiger partial charge in [0.05, 0.1) is 0 Å². The van der Waals surface area contributed by atoms with Gasteiger partial charge in [-0.1, -0.05) is 30.3 Å². The number of benzene rings is 1. The molecule has 0 fully saturated rings. The predicted molar refractivity (Wildman–Crippen MR) is 55.1 cm³/mol. The highest BCUT2D eigenvalue weighted by Crippen LogP contribution is 2.14. The van der Waals surface area contributed by atoms with E-state index in [-0.39, 0.29) is 5.91 Å². The summed E-state index contributed by atoms with van der Waals surface area (Å²) in [5.74, 6) is -0.345. The highest BCUT2D eigenvalue weighted by Gasteiger charge is 2.20. The van der Waals surface area contributed by atoms with E-state index in [1.165, 1.54) is 6.92 Å². The number of aliphatic hydroxyl groups excluding tert-OH is 1. The van der Waals surface area contributed by atoms with E-state index in [4.69, 9.17) is 0 Å². The number of nitrogens with one attached hydrogen (secondary N) is 1. The summed E-state index contributed by atoms with van der Waals surface area (Å²) in [5.41, 5.74) is 0.600. The van der Waals surface area contributed by atoms with Crippen molar-refractivity contribution in [2.75, 3.05) is 0 Å². The minimum absolute atomic E-state index is 0.345. The van der Waals surface area contributed by atoms with E-state index in [1.54, 1.807) is 24.3 Å². The molecule has 1 aromatic carbocycles. The molecule has 80 valence electrons. The summed E-state index contributed by atoms with van der Waals surface area (Å²) in [6, 6.07) is 7.82. The maximum absolute atomic E-state index is 10.8. The van der Waals surface area contributed by atoms with Crippen LogP contribution in [0.5, 0.6) is 0 Å². The third-order valence-corrected chi connectivity index (χ3v) is 2.00. The van der Waals surface area contributed by atoms with Gasteiger partial charge < -0.3 is 15.2 Å². The second kappa shape index (κ2) is 5.26. The predicted octanol–water partition coefficient (Wildman–Crippen LogP) is 0.424. The number of carbonyl (C=O) groups excluding carboxylic acids is 2. The van der Waals surface area contributed by atoms with Gasteiger partial charge in [0.25, 0.3) is 0 Å². The van der Waals surface area contributed by atoms with Crippen LogP contribution in [0.25, 0.3) is 0 Å². The average molecular weight is 207 g/mol. The molecule has 0 spiro atoms. The first-order chi connectivity index (χ1) is 7.15. The van der Waals surface area contributed by atoms with Crippen LogP contribution in [0.4, 0.5) is 0 Å². The van der Waals surface area contributed by atoms with Crippen molar-refractivity contribution in [3.05, 3.63) is 35.9 Å². The Kier molecular flexibility index (Phi) is 4.00. The number of aldehydes is 1. The van der Waals surface area contributed by atoms with Gasteiger partial charge in [0.2, 0.25) is 5.91 Å². The molecule has 1 rings (SSSR count). The van der Waals surface area contributed by atoms with E-state index < -0.39 is 12.1 Å². The van der Waals surface area contributed by atoms with Gasteiger partial charge in [-0.25, -0.2) is 0 Å². The quantitative estimate of drug-likeness (QED) is 0.703. The molecule has 0 aromatic heterocycles. The van der Waals surface area contributed by atoms with Crippen LogP contribution >= 0.6 is 0 Å². The number of carbonyl (C=O) groups is 2. The lowest BCUT2D eigenvalue weighted by molar-refractivity contribution is -0.124. The Morgan fingerprint density at radius 2 is 2.00 bits per heavy atom. The van der Waals surface area contributed by atoms with E-state index in [9.17, 15) is 14.7 Å². The van der Waals surface area contributed by atoms with Crippen molar-refractivity contribution >= 4 is 12.2 Å². The van der Waals surface area contributed by atoms with Gasteiger partial charge in [-0.05, 0) is 5.56 Å². The third kappa shape index (κ3) is 3.18. The number of rotatable bonds is 4. The number of amides is 1. The van der Waals surface area contributed by atoms with Crippen LogP contribution < -0.4 is 5.32 Å². The minimum Gasteiger partial charge on any atom is -0.386 e. The molecule has 2 unspecified atom stereocenters. The van der Waals surface area contributed by atoms with Gasteiger partial charge in [0.15, 0.2) is 0 Å². The molecule has 1 amide bonds. The molecule has 1 aromatic rings. The summed E-state index contributed by atoms with van der Waals surface area (Å²) in [6.07, 6.45) is -0.480. The fourth-order valence-electron chi connectivity index (χ4n) is 1.28. The average Bonchev–Trinajstić information content (AvgIpc) is 2.26. The van der Waals surface area contributed by atoms with Crippen molar-refractivity contribution < 1.29 is 14.7 Å². The summed E-state index contributed by atoms with van der Waals surface area (Å²) in [6.45, 7) is 1.30. The first-order valence-corrected chi connectivity index (χ1v) is 4.60. The normalized spacial score (nSPS) is 14.0. The van der Waals surface area contributed by atoms with Crippen LogP contribution in [0, 0.1) is 0 Å². The Balaban J connectivity index is 2.77. The molecule has 0 bridgehead atoms. The molecular formula is C11H13NO3. The monoisotopic (exact) mass is 207 g/mol. The molecule has 15 heavy (non-hydrogen) atoms. The minimum atomic E-state index is -1.01. The Labute approximate surface area is 87.9 Å². The van der Waals surface area contributed by atoms with Gasteiger partial charge in [-0.2, -0.15) is 0 Å². The summed E-state index contributed by atoms with van der Waals surface area (Å²) in [4.78, 5) is 21.4. The first-order valence-electron chi connectivity index (χ1n) is 4.60. The second-order valence-electron chi connectivity index (χ2n) is 3.22. The Bertz CT molecular complexity index is 337. The molecule has 0 saturated carbocycles. The molecule has 0 aliphatic carbocycles. The lowest BCUT2D eigenvalue weighted by Crippen LogP contribution is -2.39. The smallest absolute Gasteiger partial charge is 0.217 e. The lowest BCUT2D eigenvalue weighted by Gasteiger charge is -2.18. The summed E-state index contributed by atoms with van der Waals surface area (Å²) >= 11 is 0. The zero-order valence-electron chi connectivity index (χ0n) is 8.38. The van der Waals surface area contributed by atoms with Crippen LogP contribution in [0.2, 0.25) is 0 Å². The topological polar surface area (TPSA) is 66.4 Å². The van der Waals surface area contributed by atoms with Gasteiger partial charge in [-0.3, -0.25) is 4.79 Å². The van der Waals surface area contributed by atoms with E-state index in [2.05, 4.69) is 5.32 Å². The van der Waals surface area contributed by atoms with Crippen LogP contribution in [0.15, 0.2) is 30.3 Å². The van der Waals surface area contributed by atoms with Gasteiger partial charge in [0.1, 0.15) is 18.4 Å². The summed E-state index contributed by atoms with van der Waals surface area (Å²) < 4.78 is 0. The fourth-order valence-corrected chi connectivity index (χ4v) is 1.28. The molecule has 2 atom stereocenters. The molecule has 0 radical (unpaired) electrons. The molecule has 0 heterocycles. The van der Waals surface area contributed by atoms with Crippen molar-refractivity contribution in [1.29, 1.82) is 0 Å². The Hall–Kier alpha value is -1.68. The number of aliphatic hydroxyl groups is 1. The third-order valence-electron chi connectivity index (χ3n) is 2.00. The van der Waals surface area contributed by atoms with Crippen LogP contribution in [0.1, 0.15) is 18.6 Å². The van der Waals surface area contributed by atoms with Gasteiger partial charge in [0, 0.05) is 6.92 Å². The fraction of sp³-hybridized carbons (Fsp3) is 0.273. The SMILES string of the molecule is CC(=O)NC(C=O)C(O)c1ccccc1. The molecule has 4 nitrogen and oxygen atoms in total. The molecule has 0 aliphatic rings. The number of hydrogen-bond donors (Lipinski definition) is 2. The maximum Gasteiger partial charge on any atom is 0.217 e. The highest BCUT2D eigenvalue weighted by molar-refractivity contribution is 5.77. The van der Waals surface area contributed by atoms with Gasteiger partial charge >= 0.3 is 0 Å². The standard InChI is InChI=1S/C11H13NO3/c1-8(14)12-10(7-13)11(15)9-5-3-2-4-6-9/h2-7,10-11,15H,1H3,(H,12,14). The van der Waals surface area contributed by atoms with E-state index >= 15 is 0 Å². The summed E-state index contributed by atoms with van der Waals surface area (Å²) in [5, 5.41) is 12.2. The van der Waals surface area contributed by atoms with E-state index in [0.717, 1.165) is 0 Å². The number of hydrogen-bond acceptors (Lipinski definition) is 3. The van der Waals surface area contributed by atoms with Crippen LogP contribution in [-0.4, -0.2) is 23.3 Å². The van der Waals surface area contributed by atoms with Crippen LogP contribution in [-0.2, 0) is 9.59 Å². The summed E-state index contributed by atoms with van der Waals surface area (Å²) in [7, 11) is 0. The van der Waals surface area contributed by atoms with Crippen molar-refractivity contribution in [2.24, 2.45) is 0 Å². The zero-order valence-corrected chi connectivity index (χ0v) is 8.38. The first kappa shape index (κ1) is 11.4. The Morgan fingerprint density at radius 3 is 2.47 bits per heavy atom. The molecule has 2 N–H and O–H groups in total. The molecule has 0 saturated heterocycles. The molecule has 0 aliphatic heterocycles. The second-order valence-corrected chi connectivity index (χ2v) is 3.22.